The smallest absolute Gasteiger partial charge is 0.199 e. The quantitative estimate of drug-likeness (QED) is 0.774. The van der Waals surface area contributed by atoms with Crippen LogP contribution in [-0.2, 0) is 13.1 Å². The maximum absolute atomic E-state index is 4.17. The number of rotatable bonds is 5. The van der Waals surface area contributed by atoms with E-state index in [2.05, 4.69) is 55.0 Å². The standard InChI is InChI=1S/C16H19N7/c1-2-6-14(12-22-7-3-4-8-22)13(5-1)9-18-15-10-17-11-16-19-20-21-23(15)16/h1-2,5-6,10-11,18H,3-4,7-9,12H2. The molecule has 1 aliphatic heterocycles. The fraction of sp³-hybridized carbons (Fsp3) is 0.375. The van der Waals surface area contributed by atoms with Crippen molar-refractivity contribution >= 4 is 11.5 Å². The van der Waals surface area contributed by atoms with Gasteiger partial charge in [0.15, 0.2) is 11.5 Å². The Morgan fingerprint density at radius 1 is 1.04 bits per heavy atom. The third-order valence-electron chi connectivity index (χ3n) is 4.28. The molecule has 118 valence electrons. The average Bonchev–Trinajstić information content (AvgIpc) is 3.25. The maximum atomic E-state index is 4.17. The minimum atomic E-state index is 0.639. The Morgan fingerprint density at radius 3 is 2.74 bits per heavy atom. The minimum Gasteiger partial charge on any atom is -0.365 e. The molecule has 0 radical (unpaired) electrons. The van der Waals surface area contributed by atoms with E-state index in [1.165, 1.54) is 37.1 Å². The second kappa shape index (κ2) is 6.29. The molecule has 0 spiro atoms. The molecule has 1 N–H and O–H groups in total. The van der Waals surface area contributed by atoms with Crippen LogP contribution in [0.15, 0.2) is 36.7 Å². The van der Waals surface area contributed by atoms with Gasteiger partial charge < -0.3 is 5.32 Å². The molecule has 1 aromatic carbocycles. The number of fused-ring (bicyclic) bond motifs is 1. The first-order chi connectivity index (χ1) is 11.4. The molecular formula is C16H19N7. The molecule has 7 heteroatoms. The number of hydrogen-bond acceptors (Lipinski definition) is 6. The number of hydrogen-bond donors (Lipinski definition) is 1. The van der Waals surface area contributed by atoms with Crippen molar-refractivity contribution in [1.29, 1.82) is 0 Å². The van der Waals surface area contributed by atoms with Gasteiger partial charge >= 0.3 is 0 Å². The van der Waals surface area contributed by atoms with Gasteiger partial charge in [0.2, 0.25) is 0 Å². The highest BCUT2D eigenvalue weighted by molar-refractivity contribution is 5.44. The Morgan fingerprint density at radius 2 is 1.87 bits per heavy atom. The lowest BCUT2D eigenvalue weighted by molar-refractivity contribution is 0.330. The van der Waals surface area contributed by atoms with Crippen LogP contribution in [0.2, 0.25) is 0 Å². The van der Waals surface area contributed by atoms with Gasteiger partial charge in [0.05, 0.1) is 12.4 Å². The Balaban J connectivity index is 1.51. The summed E-state index contributed by atoms with van der Waals surface area (Å²) in [6.07, 6.45) is 6.01. The molecule has 3 aromatic rings. The molecule has 1 saturated heterocycles. The molecule has 23 heavy (non-hydrogen) atoms. The van der Waals surface area contributed by atoms with E-state index in [0.717, 1.165) is 18.9 Å². The highest BCUT2D eigenvalue weighted by Gasteiger charge is 2.13. The normalized spacial score (nSPS) is 15.3. The highest BCUT2D eigenvalue weighted by Crippen LogP contribution is 2.17. The first kappa shape index (κ1) is 14.1. The zero-order valence-corrected chi connectivity index (χ0v) is 12.9. The van der Waals surface area contributed by atoms with E-state index in [1.54, 1.807) is 16.9 Å². The topological polar surface area (TPSA) is 71.2 Å². The van der Waals surface area contributed by atoms with Gasteiger partial charge in [-0.05, 0) is 47.5 Å². The van der Waals surface area contributed by atoms with Gasteiger partial charge in [-0.15, -0.1) is 5.10 Å². The van der Waals surface area contributed by atoms with Crippen molar-refractivity contribution in [1.82, 2.24) is 29.9 Å². The van der Waals surface area contributed by atoms with Crippen LogP contribution in [0.4, 0.5) is 5.82 Å². The van der Waals surface area contributed by atoms with Crippen LogP contribution >= 0.6 is 0 Å². The Hall–Kier alpha value is -2.54. The van der Waals surface area contributed by atoms with Gasteiger partial charge in [-0.25, -0.2) is 0 Å². The second-order valence-electron chi connectivity index (χ2n) is 5.85. The summed E-state index contributed by atoms with van der Waals surface area (Å²) in [4.78, 5) is 6.69. The third-order valence-corrected chi connectivity index (χ3v) is 4.28. The fourth-order valence-corrected chi connectivity index (χ4v) is 3.05. The van der Waals surface area contributed by atoms with Gasteiger partial charge in [0, 0.05) is 13.1 Å². The molecule has 0 bridgehead atoms. The van der Waals surface area contributed by atoms with Crippen molar-refractivity contribution in [3.8, 4) is 0 Å². The molecular weight excluding hydrogens is 290 g/mol. The third kappa shape index (κ3) is 3.00. The van der Waals surface area contributed by atoms with Crippen LogP contribution in [0.25, 0.3) is 5.65 Å². The van der Waals surface area contributed by atoms with Gasteiger partial charge in [0.25, 0.3) is 0 Å². The molecule has 1 fully saturated rings. The van der Waals surface area contributed by atoms with Gasteiger partial charge in [-0.2, -0.15) is 4.52 Å². The molecule has 0 atom stereocenters. The summed E-state index contributed by atoms with van der Waals surface area (Å²) in [6, 6.07) is 8.58. The summed E-state index contributed by atoms with van der Waals surface area (Å²) in [5, 5.41) is 15.0. The zero-order valence-electron chi connectivity index (χ0n) is 12.9. The molecule has 4 rings (SSSR count). The lowest BCUT2D eigenvalue weighted by Gasteiger charge is -2.18. The van der Waals surface area contributed by atoms with E-state index >= 15 is 0 Å². The monoisotopic (exact) mass is 309 g/mol. The van der Waals surface area contributed by atoms with Crippen molar-refractivity contribution < 1.29 is 0 Å². The van der Waals surface area contributed by atoms with Crippen molar-refractivity contribution in [2.45, 2.75) is 25.9 Å². The zero-order chi connectivity index (χ0) is 15.5. The van der Waals surface area contributed by atoms with Crippen molar-refractivity contribution in [3.05, 3.63) is 47.8 Å². The van der Waals surface area contributed by atoms with E-state index in [4.69, 9.17) is 0 Å². The molecule has 0 amide bonds. The largest absolute Gasteiger partial charge is 0.365 e. The van der Waals surface area contributed by atoms with E-state index in [9.17, 15) is 0 Å². The SMILES string of the molecule is c1ccc(CN2CCCC2)c(CNc2cncc3nnnn23)c1. The minimum absolute atomic E-state index is 0.639. The van der Waals surface area contributed by atoms with Crippen LogP contribution in [0, 0.1) is 0 Å². The summed E-state index contributed by atoms with van der Waals surface area (Å²) in [6.45, 7) is 4.15. The molecule has 3 heterocycles. The summed E-state index contributed by atoms with van der Waals surface area (Å²) in [5.74, 6) is 0.795. The lowest BCUT2D eigenvalue weighted by atomic mass is 10.1. The fourth-order valence-electron chi connectivity index (χ4n) is 3.05. The van der Waals surface area contributed by atoms with Crippen LogP contribution in [0.5, 0.6) is 0 Å². The van der Waals surface area contributed by atoms with Gasteiger partial charge in [-0.1, -0.05) is 24.3 Å². The van der Waals surface area contributed by atoms with Crippen LogP contribution < -0.4 is 5.32 Å². The predicted molar refractivity (Wildman–Crippen MR) is 86.9 cm³/mol. The average molecular weight is 309 g/mol. The first-order valence-electron chi connectivity index (χ1n) is 7.95. The number of anilines is 1. The van der Waals surface area contributed by atoms with Crippen molar-refractivity contribution in [2.24, 2.45) is 0 Å². The number of nitrogens with one attached hydrogen (secondary N) is 1. The number of aromatic nitrogens is 5. The highest BCUT2D eigenvalue weighted by atomic mass is 15.5. The lowest BCUT2D eigenvalue weighted by Crippen LogP contribution is -2.19. The number of likely N-dealkylation sites (tertiary alicyclic amines) is 1. The van der Waals surface area contributed by atoms with Gasteiger partial charge in [-0.3, -0.25) is 9.88 Å². The molecule has 0 unspecified atom stereocenters. The number of benzene rings is 1. The summed E-state index contributed by atoms with van der Waals surface area (Å²) < 4.78 is 1.66. The maximum Gasteiger partial charge on any atom is 0.199 e. The summed E-state index contributed by atoms with van der Waals surface area (Å²) in [5.41, 5.74) is 3.31. The number of tetrazole rings is 1. The molecule has 2 aromatic heterocycles. The Kier molecular flexibility index (Phi) is 3.85. The Labute approximate surface area is 134 Å². The molecule has 0 saturated carbocycles. The van der Waals surface area contributed by atoms with E-state index in [-0.39, 0.29) is 0 Å². The van der Waals surface area contributed by atoms with E-state index in [1.807, 2.05) is 0 Å². The van der Waals surface area contributed by atoms with Gasteiger partial charge in [0.1, 0.15) is 0 Å². The molecule has 7 nitrogen and oxygen atoms in total. The number of nitrogens with zero attached hydrogens (tertiary/aromatic N) is 6. The van der Waals surface area contributed by atoms with Crippen molar-refractivity contribution in [2.75, 3.05) is 18.4 Å². The molecule has 0 aliphatic carbocycles. The van der Waals surface area contributed by atoms with Crippen LogP contribution in [-0.4, -0.2) is 43.0 Å². The Bertz CT molecular complexity index is 792. The molecule has 1 aliphatic rings. The van der Waals surface area contributed by atoms with E-state index in [0.29, 0.717) is 5.65 Å². The summed E-state index contributed by atoms with van der Waals surface area (Å²) in [7, 11) is 0. The van der Waals surface area contributed by atoms with E-state index < -0.39 is 0 Å². The summed E-state index contributed by atoms with van der Waals surface area (Å²) >= 11 is 0. The van der Waals surface area contributed by atoms with Crippen LogP contribution in [0.3, 0.4) is 0 Å². The predicted octanol–water partition coefficient (Wildman–Crippen LogP) is 1.73. The van der Waals surface area contributed by atoms with Crippen molar-refractivity contribution in [3.63, 3.8) is 0 Å². The van der Waals surface area contributed by atoms with Crippen LogP contribution in [0.1, 0.15) is 24.0 Å². The first-order valence-corrected chi connectivity index (χ1v) is 7.95. The second-order valence-corrected chi connectivity index (χ2v) is 5.85.